The first kappa shape index (κ1) is 21.1. The van der Waals surface area contributed by atoms with Crippen LogP contribution < -0.4 is 5.32 Å². The monoisotopic (exact) mass is 446 g/mol. The van der Waals surface area contributed by atoms with Crippen molar-refractivity contribution >= 4 is 40.0 Å². The van der Waals surface area contributed by atoms with Crippen LogP contribution in [0, 0.1) is 5.92 Å². The number of carbonyl (C=O) groups excluding carboxylic acids is 2. The van der Waals surface area contributed by atoms with Gasteiger partial charge in [-0.05, 0) is 43.6 Å². The summed E-state index contributed by atoms with van der Waals surface area (Å²) in [5.74, 6) is 1.67. The molecule has 2 aromatic rings. The lowest BCUT2D eigenvalue weighted by Crippen LogP contribution is -2.17. The van der Waals surface area contributed by atoms with E-state index in [1.54, 1.807) is 0 Å². The Labute approximate surface area is 184 Å². The number of aromatic nitrogens is 3. The van der Waals surface area contributed by atoms with Gasteiger partial charge in [-0.3, -0.25) is 4.79 Å². The average Bonchev–Trinajstić information content (AvgIpc) is 3.40. The van der Waals surface area contributed by atoms with E-state index in [1.165, 1.54) is 35.1 Å². The maximum atomic E-state index is 12.7. The number of methoxy groups -OCH3 is 1. The molecule has 2 aliphatic rings. The fourth-order valence-corrected chi connectivity index (χ4v) is 5.97. The van der Waals surface area contributed by atoms with Crippen molar-refractivity contribution in [2.75, 3.05) is 18.2 Å². The molecule has 160 valence electrons. The Morgan fingerprint density at radius 1 is 1.37 bits per heavy atom. The molecule has 1 N–H and O–H groups in total. The summed E-state index contributed by atoms with van der Waals surface area (Å²) >= 11 is 2.85. The number of hydrogen-bond donors (Lipinski definition) is 1. The molecule has 7 nitrogen and oxygen atoms in total. The SMILES string of the molecule is C=CCn1c(SCC(=O)Nc2sc3c(c2C(=O)OC)CCC(C)C3)nnc1C1CC1. The van der Waals surface area contributed by atoms with Gasteiger partial charge >= 0.3 is 5.97 Å². The number of amides is 1. The van der Waals surface area contributed by atoms with Crippen molar-refractivity contribution in [1.29, 1.82) is 0 Å². The van der Waals surface area contributed by atoms with Gasteiger partial charge in [0.2, 0.25) is 5.91 Å². The molecule has 0 aromatic carbocycles. The van der Waals surface area contributed by atoms with E-state index in [9.17, 15) is 9.59 Å². The molecule has 1 saturated carbocycles. The summed E-state index contributed by atoms with van der Waals surface area (Å²) in [6.07, 6.45) is 6.91. The Kier molecular flexibility index (Phi) is 6.29. The van der Waals surface area contributed by atoms with Crippen molar-refractivity contribution in [1.82, 2.24) is 14.8 Å². The topological polar surface area (TPSA) is 86.1 Å². The number of thiophene rings is 1. The van der Waals surface area contributed by atoms with Gasteiger partial charge in [0.15, 0.2) is 5.16 Å². The van der Waals surface area contributed by atoms with Crippen molar-refractivity contribution in [3.63, 3.8) is 0 Å². The van der Waals surface area contributed by atoms with Crippen LogP contribution in [0.1, 0.15) is 58.7 Å². The van der Waals surface area contributed by atoms with Gasteiger partial charge in [0.05, 0.1) is 18.4 Å². The van der Waals surface area contributed by atoms with E-state index in [4.69, 9.17) is 4.74 Å². The fraction of sp³-hybridized carbons (Fsp3) is 0.524. The molecular formula is C21H26N4O3S2. The van der Waals surface area contributed by atoms with Crippen LogP contribution in [0.15, 0.2) is 17.8 Å². The maximum absolute atomic E-state index is 12.7. The van der Waals surface area contributed by atoms with Crippen LogP contribution >= 0.6 is 23.1 Å². The lowest BCUT2D eigenvalue weighted by Gasteiger charge is -2.18. The van der Waals surface area contributed by atoms with E-state index in [0.717, 1.165) is 48.6 Å². The van der Waals surface area contributed by atoms with Crippen LogP contribution in [0.25, 0.3) is 0 Å². The third-order valence-electron chi connectivity index (χ3n) is 5.49. The molecule has 4 rings (SSSR count). The number of anilines is 1. The predicted octanol–water partition coefficient (Wildman–Crippen LogP) is 4.05. The quantitative estimate of drug-likeness (QED) is 0.374. The smallest absolute Gasteiger partial charge is 0.341 e. The Bertz CT molecular complexity index is 977. The molecule has 2 aliphatic carbocycles. The minimum Gasteiger partial charge on any atom is -0.465 e. The Balaban J connectivity index is 1.47. The highest BCUT2D eigenvalue weighted by molar-refractivity contribution is 7.99. The second-order valence-corrected chi connectivity index (χ2v) is 9.95. The van der Waals surface area contributed by atoms with Crippen molar-refractivity contribution < 1.29 is 14.3 Å². The minimum atomic E-state index is -0.384. The minimum absolute atomic E-state index is 0.169. The van der Waals surface area contributed by atoms with Crippen LogP contribution in [0.2, 0.25) is 0 Å². The maximum Gasteiger partial charge on any atom is 0.341 e. The van der Waals surface area contributed by atoms with Gasteiger partial charge in [-0.1, -0.05) is 24.8 Å². The number of nitrogens with zero attached hydrogens (tertiary/aromatic N) is 3. The van der Waals surface area contributed by atoms with E-state index >= 15 is 0 Å². The van der Waals surface area contributed by atoms with Crippen molar-refractivity contribution in [3.05, 3.63) is 34.5 Å². The molecule has 1 amide bonds. The van der Waals surface area contributed by atoms with E-state index in [0.29, 0.717) is 28.9 Å². The molecule has 2 aromatic heterocycles. The van der Waals surface area contributed by atoms with Gasteiger partial charge in [0.1, 0.15) is 10.8 Å². The second kappa shape index (κ2) is 8.93. The van der Waals surface area contributed by atoms with Crippen LogP contribution in [-0.2, 0) is 28.9 Å². The first-order chi connectivity index (χ1) is 14.5. The largest absolute Gasteiger partial charge is 0.465 e. The molecule has 0 radical (unpaired) electrons. The summed E-state index contributed by atoms with van der Waals surface area (Å²) in [7, 11) is 1.38. The first-order valence-corrected chi connectivity index (χ1v) is 12.0. The van der Waals surface area contributed by atoms with Gasteiger partial charge < -0.3 is 14.6 Å². The molecule has 0 bridgehead atoms. The van der Waals surface area contributed by atoms with Crippen LogP contribution in [0.3, 0.4) is 0 Å². The first-order valence-electron chi connectivity index (χ1n) is 10.2. The fourth-order valence-electron chi connectivity index (χ4n) is 3.80. The zero-order valence-electron chi connectivity index (χ0n) is 17.3. The third kappa shape index (κ3) is 4.32. The lowest BCUT2D eigenvalue weighted by atomic mass is 9.88. The van der Waals surface area contributed by atoms with Gasteiger partial charge in [0.25, 0.3) is 0 Å². The molecule has 0 aliphatic heterocycles. The molecule has 1 atom stereocenters. The number of esters is 1. The molecule has 1 unspecified atom stereocenters. The van der Waals surface area contributed by atoms with Crippen molar-refractivity contribution in [3.8, 4) is 0 Å². The lowest BCUT2D eigenvalue weighted by molar-refractivity contribution is -0.113. The standard InChI is InChI=1S/C21H26N4O3S2/c1-4-9-25-18(13-6-7-13)23-24-21(25)29-11-16(26)22-19-17(20(27)28-3)14-8-5-12(2)10-15(14)30-19/h4,12-13H,1,5-11H2,2-3H3,(H,22,26). The number of rotatable bonds is 8. The van der Waals surface area contributed by atoms with Crippen molar-refractivity contribution in [2.24, 2.45) is 5.92 Å². The van der Waals surface area contributed by atoms with E-state index in [-0.39, 0.29) is 17.6 Å². The number of allylic oxidation sites excluding steroid dienone is 1. The van der Waals surface area contributed by atoms with Crippen molar-refractivity contribution in [2.45, 2.75) is 56.6 Å². The van der Waals surface area contributed by atoms with E-state index in [1.807, 2.05) is 10.6 Å². The predicted molar refractivity (Wildman–Crippen MR) is 118 cm³/mol. The summed E-state index contributed by atoms with van der Waals surface area (Å²) in [5.41, 5.74) is 1.56. The summed E-state index contributed by atoms with van der Waals surface area (Å²) in [5, 5.41) is 12.8. The third-order valence-corrected chi connectivity index (χ3v) is 7.62. The van der Waals surface area contributed by atoms with Gasteiger partial charge in [-0.2, -0.15) is 0 Å². The summed E-state index contributed by atoms with van der Waals surface area (Å²) in [6.45, 7) is 6.66. The zero-order chi connectivity index (χ0) is 21.3. The normalized spacial score (nSPS) is 18.0. The average molecular weight is 447 g/mol. The molecule has 1 fully saturated rings. The number of thioether (sulfide) groups is 1. The zero-order valence-corrected chi connectivity index (χ0v) is 18.9. The van der Waals surface area contributed by atoms with E-state index in [2.05, 4.69) is 29.0 Å². The molecule has 30 heavy (non-hydrogen) atoms. The van der Waals surface area contributed by atoms with Gasteiger partial charge in [-0.25, -0.2) is 4.79 Å². The second-order valence-electron chi connectivity index (χ2n) is 7.90. The van der Waals surface area contributed by atoms with Crippen LogP contribution in [0.4, 0.5) is 5.00 Å². The van der Waals surface area contributed by atoms with Crippen LogP contribution in [-0.4, -0.2) is 39.5 Å². The molecule has 2 heterocycles. The summed E-state index contributed by atoms with van der Waals surface area (Å²) < 4.78 is 7.03. The number of hydrogen-bond acceptors (Lipinski definition) is 7. The Morgan fingerprint density at radius 3 is 2.87 bits per heavy atom. The highest BCUT2D eigenvalue weighted by Gasteiger charge is 2.31. The number of ether oxygens (including phenoxy) is 1. The van der Waals surface area contributed by atoms with Gasteiger partial charge in [-0.15, -0.1) is 28.1 Å². The number of carbonyl (C=O) groups is 2. The number of fused-ring (bicyclic) bond motifs is 1. The molecular weight excluding hydrogens is 420 g/mol. The summed E-state index contributed by atoms with van der Waals surface area (Å²) in [6, 6.07) is 0. The Hall–Kier alpha value is -2.13. The highest BCUT2D eigenvalue weighted by atomic mass is 32.2. The summed E-state index contributed by atoms with van der Waals surface area (Å²) in [4.78, 5) is 26.3. The molecule has 0 saturated heterocycles. The van der Waals surface area contributed by atoms with E-state index < -0.39 is 0 Å². The van der Waals surface area contributed by atoms with Crippen LogP contribution in [0.5, 0.6) is 0 Å². The van der Waals surface area contributed by atoms with Gasteiger partial charge in [0, 0.05) is 17.3 Å². The Morgan fingerprint density at radius 2 is 2.17 bits per heavy atom. The molecule has 9 heteroatoms. The number of nitrogens with one attached hydrogen (secondary N) is 1. The highest BCUT2D eigenvalue weighted by Crippen LogP contribution is 2.41. The molecule has 0 spiro atoms.